The highest BCUT2D eigenvalue weighted by molar-refractivity contribution is 7.08. The Morgan fingerprint density at radius 3 is 3.11 bits per heavy atom. The standard InChI is InChI=1S/C19H18FN3O3S/c20-14-3-1-4-15(11-14)25-9-6-17(24)23-8-2-5-16(23)19-22-21-18(26-19)13-7-10-27-12-13/h1,3-4,7,10-12,16H,2,5-6,8-9H2/t16-/m0/s1. The third-order valence-corrected chi connectivity index (χ3v) is 5.13. The molecular weight excluding hydrogens is 369 g/mol. The fraction of sp³-hybridized carbons (Fsp3) is 0.316. The van der Waals surface area contributed by atoms with Crippen LogP contribution in [0.1, 0.15) is 31.2 Å². The molecule has 0 unspecified atom stereocenters. The van der Waals surface area contributed by atoms with Crippen molar-refractivity contribution in [1.29, 1.82) is 0 Å². The van der Waals surface area contributed by atoms with Crippen molar-refractivity contribution < 1.29 is 18.3 Å². The van der Waals surface area contributed by atoms with Gasteiger partial charge in [0.15, 0.2) is 0 Å². The number of hydrogen-bond acceptors (Lipinski definition) is 6. The molecule has 0 saturated carbocycles. The predicted octanol–water partition coefficient (Wildman–Crippen LogP) is 4.07. The first-order valence-electron chi connectivity index (χ1n) is 8.74. The van der Waals surface area contributed by atoms with Crippen LogP contribution in [0.5, 0.6) is 5.75 Å². The molecule has 1 fully saturated rings. The number of hydrogen-bond donors (Lipinski definition) is 0. The van der Waals surface area contributed by atoms with E-state index in [1.165, 1.54) is 12.1 Å². The number of amides is 1. The van der Waals surface area contributed by atoms with Crippen molar-refractivity contribution in [3.8, 4) is 17.2 Å². The van der Waals surface area contributed by atoms with Crippen molar-refractivity contribution in [2.75, 3.05) is 13.2 Å². The average Bonchev–Trinajstić information content (AvgIpc) is 3.40. The molecule has 6 nitrogen and oxygen atoms in total. The van der Waals surface area contributed by atoms with E-state index in [9.17, 15) is 9.18 Å². The van der Waals surface area contributed by atoms with Crippen LogP contribution in [-0.4, -0.2) is 34.2 Å². The number of halogens is 1. The van der Waals surface area contributed by atoms with Crippen LogP contribution >= 0.6 is 11.3 Å². The van der Waals surface area contributed by atoms with Crippen LogP contribution in [0.25, 0.3) is 11.5 Å². The van der Waals surface area contributed by atoms with Gasteiger partial charge in [-0.15, -0.1) is 10.2 Å². The molecule has 2 aromatic heterocycles. The Labute approximate surface area is 159 Å². The largest absolute Gasteiger partial charge is 0.493 e. The third kappa shape index (κ3) is 4.00. The third-order valence-electron chi connectivity index (χ3n) is 4.45. The fourth-order valence-corrected chi connectivity index (χ4v) is 3.78. The fourth-order valence-electron chi connectivity index (χ4n) is 3.15. The summed E-state index contributed by atoms with van der Waals surface area (Å²) >= 11 is 1.56. The number of nitrogens with zero attached hydrogens (tertiary/aromatic N) is 3. The molecule has 0 bridgehead atoms. The van der Waals surface area contributed by atoms with Gasteiger partial charge in [0.1, 0.15) is 17.6 Å². The molecular formula is C19H18FN3O3S. The van der Waals surface area contributed by atoms with Gasteiger partial charge in [-0.1, -0.05) is 6.07 Å². The Kier molecular flexibility index (Phi) is 5.15. The van der Waals surface area contributed by atoms with E-state index < -0.39 is 0 Å². The van der Waals surface area contributed by atoms with Crippen molar-refractivity contribution in [2.24, 2.45) is 0 Å². The van der Waals surface area contributed by atoms with Crippen LogP contribution in [0.3, 0.4) is 0 Å². The zero-order valence-electron chi connectivity index (χ0n) is 14.5. The van der Waals surface area contributed by atoms with Gasteiger partial charge in [0, 0.05) is 23.6 Å². The number of carbonyl (C=O) groups excluding carboxylic acids is 1. The van der Waals surface area contributed by atoms with Gasteiger partial charge in [0.25, 0.3) is 0 Å². The lowest BCUT2D eigenvalue weighted by atomic mass is 10.2. The van der Waals surface area contributed by atoms with Gasteiger partial charge in [-0.25, -0.2) is 4.39 Å². The van der Waals surface area contributed by atoms with Crippen molar-refractivity contribution in [1.82, 2.24) is 15.1 Å². The van der Waals surface area contributed by atoms with Crippen LogP contribution in [0, 0.1) is 5.82 Å². The molecule has 3 heterocycles. The zero-order valence-corrected chi connectivity index (χ0v) is 15.3. The van der Waals surface area contributed by atoms with E-state index in [1.54, 1.807) is 28.4 Å². The Morgan fingerprint density at radius 1 is 1.37 bits per heavy atom. The summed E-state index contributed by atoms with van der Waals surface area (Å²) in [6.45, 7) is 0.842. The summed E-state index contributed by atoms with van der Waals surface area (Å²) in [6, 6.07) is 7.60. The molecule has 140 valence electrons. The Hall–Kier alpha value is -2.74. The van der Waals surface area contributed by atoms with Crippen molar-refractivity contribution in [3.05, 3.63) is 52.8 Å². The molecule has 8 heteroatoms. The molecule has 27 heavy (non-hydrogen) atoms. The maximum Gasteiger partial charge on any atom is 0.248 e. The van der Waals surface area contributed by atoms with Crippen LogP contribution in [0.4, 0.5) is 4.39 Å². The number of benzene rings is 1. The molecule has 1 atom stereocenters. The van der Waals surface area contributed by atoms with Gasteiger partial charge >= 0.3 is 0 Å². The molecule has 0 N–H and O–H groups in total. The summed E-state index contributed by atoms with van der Waals surface area (Å²) in [4.78, 5) is 14.4. The quantitative estimate of drug-likeness (QED) is 0.638. The Morgan fingerprint density at radius 2 is 2.30 bits per heavy atom. The van der Waals surface area contributed by atoms with Crippen LogP contribution in [-0.2, 0) is 4.79 Å². The number of ether oxygens (including phenoxy) is 1. The molecule has 0 radical (unpaired) electrons. The second kappa shape index (κ2) is 7.87. The normalized spacial score (nSPS) is 16.6. The highest BCUT2D eigenvalue weighted by Crippen LogP contribution is 2.33. The molecule has 0 spiro atoms. The van der Waals surface area contributed by atoms with Crippen molar-refractivity contribution in [2.45, 2.75) is 25.3 Å². The summed E-state index contributed by atoms with van der Waals surface area (Å²) < 4.78 is 24.4. The first kappa shape index (κ1) is 17.7. The molecule has 1 saturated heterocycles. The van der Waals surface area contributed by atoms with Crippen molar-refractivity contribution >= 4 is 17.2 Å². The summed E-state index contributed by atoms with van der Waals surface area (Å²) in [5.74, 6) is 0.951. The second-order valence-electron chi connectivity index (χ2n) is 6.26. The maximum atomic E-state index is 13.2. The summed E-state index contributed by atoms with van der Waals surface area (Å²) in [5, 5.41) is 12.1. The summed E-state index contributed by atoms with van der Waals surface area (Å²) in [7, 11) is 0. The molecule has 1 amide bonds. The zero-order chi connectivity index (χ0) is 18.6. The van der Waals surface area contributed by atoms with Gasteiger partial charge in [-0.05, 0) is 36.4 Å². The minimum atomic E-state index is -0.365. The van der Waals surface area contributed by atoms with Crippen LogP contribution in [0.2, 0.25) is 0 Å². The molecule has 4 rings (SSSR count). The minimum Gasteiger partial charge on any atom is -0.493 e. The smallest absolute Gasteiger partial charge is 0.248 e. The first-order valence-corrected chi connectivity index (χ1v) is 9.69. The van der Waals surface area contributed by atoms with Crippen LogP contribution < -0.4 is 4.74 Å². The second-order valence-corrected chi connectivity index (χ2v) is 7.04. The van der Waals surface area contributed by atoms with Gasteiger partial charge in [0.05, 0.1) is 13.0 Å². The van der Waals surface area contributed by atoms with E-state index in [0.717, 1.165) is 18.4 Å². The predicted molar refractivity (Wildman–Crippen MR) is 97.8 cm³/mol. The summed E-state index contributed by atoms with van der Waals surface area (Å²) in [5.41, 5.74) is 0.887. The average molecular weight is 387 g/mol. The molecule has 1 aromatic carbocycles. The van der Waals surface area contributed by atoms with E-state index in [-0.39, 0.29) is 30.8 Å². The molecule has 1 aliphatic heterocycles. The lowest BCUT2D eigenvalue weighted by molar-refractivity contribution is -0.133. The lowest BCUT2D eigenvalue weighted by Crippen LogP contribution is -2.31. The Balaban J connectivity index is 1.37. The number of thiophene rings is 1. The number of carbonyl (C=O) groups is 1. The minimum absolute atomic E-state index is 0.0378. The van der Waals surface area contributed by atoms with E-state index in [0.29, 0.717) is 24.1 Å². The molecule has 0 aliphatic carbocycles. The monoisotopic (exact) mass is 387 g/mol. The topological polar surface area (TPSA) is 68.5 Å². The van der Waals surface area contributed by atoms with Gasteiger partial charge < -0.3 is 14.1 Å². The Bertz CT molecular complexity index is 913. The first-order chi connectivity index (χ1) is 13.2. The van der Waals surface area contributed by atoms with E-state index in [1.807, 2.05) is 16.8 Å². The highest BCUT2D eigenvalue weighted by Gasteiger charge is 2.33. The van der Waals surface area contributed by atoms with Gasteiger partial charge in [-0.3, -0.25) is 4.79 Å². The van der Waals surface area contributed by atoms with E-state index >= 15 is 0 Å². The SMILES string of the molecule is O=C(CCOc1cccc(F)c1)N1CCC[C@H]1c1nnc(-c2ccsc2)o1. The maximum absolute atomic E-state index is 13.2. The lowest BCUT2D eigenvalue weighted by Gasteiger charge is -2.22. The number of aromatic nitrogens is 2. The molecule has 3 aromatic rings. The van der Waals surface area contributed by atoms with Crippen molar-refractivity contribution in [3.63, 3.8) is 0 Å². The highest BCUT2D eigenvalue weighted by atomic mass is 32.1. The van der Waals surface area contributed by atoms with Crippen LogP contribution in [0.15, 0.2) is 45.5 Å². The van der Waals surface area contributed by atoms with Gasteiger partial charge in [-0.2, -0.15) is 11.3 Å². The van der Waals surface area contributed by atoms with Gasteiger partial charge in [0.2, 0.25) is 17.7 Å². The summed E-state index contributed by atoms with van der Waals surface area (Å²) in [6.07, 6.45) is 1.89. The molecule has 1 aliphatic rings. The number of likely N-dealkylation sites (tertiary alicyclic amines) is 1. The number of rotatable bonds is 6. The van der Waals surface area contributed by atoms with E-state index in [2.05, 4.69) is 10.2 Å². The van der Waals surface area contributed by atoms with E-state index in [4.69, 9.17) is 9.15 Å².